The Balaban J connectivity index is 1.67. The third kappa shape index (κ3) is 4.61. The first-order valence-electron chi connectivity index (χ1n) is 7.38. The average Bonchev–Trinajstić information content (AvgIpc) is 2.53. The predicted octanol–water partition coefficient (Wildman–Crippen LogP) is 4.37. The molecule has 0 N–H and O–H groups in total. The fraction of sp³-hybridized carbons (Fsp3) is 0.333. The van der Waals surface area contributed by atoms with E-state index in [4.69, 9.17) is 4.74 Å². The van der Waals surface area contributed by atoms with Gasteiger partial charge in [-0.25, -0.2) is 0 Å². The van der Waals surface area contributed by atoms with E-state index in [0.717, 1.165) is 38.3 Å². The molecule has 0 fully saturated rings. The second kappa shape index (κ2) is 8.26. The Hall–Kier alpha value is -1.96. The Morgan fingerprint density at radius 3 is 2.15 bits per heavy atom. The molecule has 2 aromatic rings. The monoisotopic (exact) mass is 269 g/mol. The van der Waals surface area contributed by atoms with Gasteiger partial charge in [-0.15, -0.1) is 0 Å². The van der Waals surface area contributed by atoms with Gasteiger partial charge in [0.1, 0.15) is 5.75 Å². The van der Waals surface area contributed by atoms with Crippen LogP contribution in [0.5, 0.6) is 5.75 Å². The molecular weight excluding hydrogens is 246 g/mol. The van der Waals surface area contributed by atoms with Crippen molar-refractivity contribution in [3.63, 3.8) is 0 Å². The van der Waals surface area contributed by atoms with Crippen molar-refractivity contribution in [3.05, 3.63) is 60.7 Å². The number of hydrogen-bond donors (Lipinski definition) is 0. The number of para-hydroxylation sites is 2. The maximum atomic E-state index is 5.71. The molecule has 2 aromatic carbocycles. The van der Waals surface area contributed by atoms with E-state index >= 15 is 0 Å². The molecule has 0 heterocycles. The van der Waals surface area contributed by atoms with Crippen LogP contribution in [0.15, 0.2) is 60.7 Å². The summed E-state index contributed by atoms with van der Waals surface area (Å²) in [6.45, 7) is 5.12. The van der Waals surface area contributed by atoms with Crippen LogP contribution in [0, 0.1) is 0 Å². The largest absolute Gasteiger partial charge is 0.494 e. The fourth-order valence-corrected chi connectivity index (χ4v) is 2.22. The van der Waals surface area contributed by atoms with Crippen LogP contribution < -0.4 is 9.64 Å². The van der Waals surface area contributed by atoms with Gasteiger partial charge in [-0.3, -0.25) is 0 Å². The third-order valence-corrected chi connectivity index (χ3v) is 3.34. The summed E-state index contributed by atoms with van der Waals surface area (Å²) in [6, 6.07) is 20.6. The van der Waals surface area contributed by atoms with E-state index in [9.17, 15) is 0 Å². The van der Waals surface area contributed by atoms with E-state index in [1.165, 1.54) is 5.69 Å². The van der Waals surface area contributed by atoms with Gasteiger partial charge in [-0.05, 0) is 44.0 Å². The molecular formula is C18H23NO. The van der Waals surface area contributed by atoms with Gasteiger partial charge in [0.15, 0.2) is 0 Å². The molecule has 0 unspecified atom stereocenters. The molecule has 0 bridgehead atoms. The maximum Gasteiger partial charge on any atom is 0.119 e. The Labute approximate surface area is 122 Å². The highest BCUT2D eigenvalue weighted by molar-refractivity contribution is 5.45. The topological polar surface area (TPSA) is 12.5 Å². The van der Waals surface area contributed by atoms with Gasteiger partial charge in [-0.2, -0.15) is 0 Å². The zero-order valence-electron chi connectivity index (χ0n) is 12.2. The molecule has 0 saturated heterocycles. The SMILES string of the molecule is CCN(CCCCOc1ccccc1)c1ccccc1. The summed E-state index contributed by atoms with van der Waals surface area (Å²) >= 11 is 0. The van der Waals surface area contributed by atoms with E-state index in [1.807, 2.05) is 30.3 Å². The first-order chi connectivity index (χ1) is 9.90. The van der Waals surface area contributed by atoms with Gasteiger partial charge in [0.2, 0.25) is 0 Å². The molecule has 0 spiro atoms. The van der Waals surface area contributed by atoms with E-state index < -0.39 is 0 Å². The van der Waals surface area contributed by atoms with Crippen molar-refractivity contribution in [2.45, 2.75) is 19.8 Å². The molecule has 0 aliphatic heterocycles. The number of nitrogens with zero attached hydrogens (tertiary/aromatic N) is 1. The quantitative estimate of drug-likeness (QED) is 0.660. The normalized spacial score (nSPS) is 10.2. The van der Waals surface area contributed by atoms with Crippen molar-refractivity contribution in [3.8, 4) is 5.75 Å². The Kier molecular flexibility index (Phi) is 5.97. The number of rotatable bonds is 8. The summed E-state index contributed by atoms with van der Waals surface area (Å²) in [4.78, 5) is 2.41. The lowest BCUT2D eigenvalue weighted by Gasteiger charge is -2.23. The van der Waals surface area contributed by atoms with Crippen LogP contribution in [-0.2, 0) is 0 Å². The Bertz CT molecular complexity index is 469. The molecule has 0 aliphatic rings. The summed E-state index contributed by atoms with van der Waals surface area (Å²) in [5, 5.41) is 0. The molecule has 2 rings (SSSR count). The van der Waals surface area contributed by atoms with Crippen molar-refractivity contribution in [1.29, 1.82) is 0 Å². The summed E-state index contributed by atoms with van der Waals surface area (Å²) in [5.41, 5.74) is 1.30. The summed E-state index contributed by atoms with van der Waals surface area (Å²) in [7, 11) is 0. The molecule has 2 heteroatoms. The van der Waals surface area contributed by atoms with Crippen molar-refractivity contribution in [2.75, 3.05) is 24.6 Å². The first kappa shape index (κ1) is 14.4. The lowest BCUT2D eigenvalue weighted by molar-refractivity contribution is 0.307. The van der Waals surface area contributed by atoms with E-state index in [2.05, 4.69) is 42.2 Å². The highest BCUT2D eigenvalue weighted by atomic mass is 16.5. The highest BCUT2D eigenvalue weighted by Gasteiger charge is 2.02. The van der Waals surface area contributed by atoms with Crippen LogP contribution in [0.2, 0.25) is 0 Å². The molecule has 0 aliphatic carbocycles. The van der Waals surface area contributed by atoms with Crippen molar-refractivity contribution >= 4 is 5.69 Å². The molecule has 20 heavy (non-hydrogen) atoms. The minimum absolute atomic E-state index is 0.788. The first-order valence-corrected chi connectivity index (χ1v) is 7.38. The highest BCUT2D eigenvalue weighted by Crippen LogP contribution is 2.14. The summed E-state index contributed by atoms with van der Waals surface area (Å²) < 4.78 is 5.71. The summed E-state index contributed by atoms with van der Waals surface area (Å²) in [6.07, 6.45) is 2.23. The lowest BCUT2D eigenvalue weighted by Crippen LogP contribution is -2.24. The van der Waals surface area contributed by atoms with Gasteiger partial charge in [0.05, 0.1) is 6.61 Å². The molecule has 0 atom stereocenters. The van der Waals surface area contributed by atoms with E-state index in [1.54, 1.807) is 0 Å². The van der Waals surface area contributed by atoms with Crippen LogP contribution in [-0.4, -0.2) is 19.7 Å². The number of anilines is 1. The molecule has 0 saturated carbocycles. The lowest BCUT2D eigenvalue weighted by atomic mass is 10.2. The fourth-order valence-electron chi connectivity index (χ4n) is 2.22. The Morgan fingerprint density at radius 2 is 1.50 bits per heavy atom. The van der Waals surface area contributed by atoms with Crippen LogP contribution in [0.25, 0.3) is 0 Å². The zero-order valence-corrected chi connectivity index (χ0v) is 12.2. The molecule has 106 valence electrons. The third-order valence-electron chi connectivity index (χ3n) is 3.34. The van der Waals surface area contributed by atoms with Crippen molar-refractivity contribution in [2.24, 2.45) is 0 Å². The standard InChI is InChI=1S/C18H23NO/c1-2-19(17-11-5-3-6-12-17)15-9-10-16-20-18-13-7-4-8-14-18/h3-8,11-14H,2,9-10,15-16H2,1H3. The number of benzene rings is 2. The number of unbranched alkanes of at least 4 members (excludes halogenated alkanes) is 1. The minimum Gasteiger partial charge on any atom is -0.494 e. The smallest absolute Gasteiger partial charge is 0.119 e. The zero-order chi connectivity index (χ0) is 14.0. The second-order valence-electron chi connectivity index (χ2n) is 4.78. The van der Waals surface area contributed by atoms with Gasteiger partial charge < -0.3 is 9.64 Å². The van der Waals surface area contributed by atoms with Crippen LogP contribution in [0.1, 0.15) is 19.8 Å². The van der Waals surface area contributed by atoms with Crippen molar-refractivity contribution < 1.29 is 4.74 Å². The summed E-state index contributed by atoms with van der Waals surface area (Å²) in [5.74, 6) is 0.961. The van der Waals surface area contributed by atoms with Crippen molar-refractivity contribution in [1.82, 2.24) is 0 Å². The molecule has 0 radical (unpaired) electrons. The molecule has 0 aromatic heterocycles. The average molecular weight is 269 g/mol. The van der Waals surface area contributed by atoms with Crippen LogP contribution in [0.4, 0.5) is 5.69 Å². The van der Waals surface area contributed by atoms with Crippen LogP contribution in [0.3, 0.4) is 0 Å². The van der Waals surface area contributed by atoms with Crippen LogP contribution >= 0.6 is 0 Å². The van der Waals surface area contributed by atoms with E-state index in [-0.39, 0.29) is 0 Å². The number of ether oxygens (including phenoxy) is 1. The van der Waals surface area contributed by atoms with E-state index in [0.29, 0.717) is 0 Å². The van der Waals surface area contributed by atoms with Gasteiger partial charge >= 0.3 is 0 Å². The Morgan fingerprint density at radius 1 is 0.850 bits per heavy atom. The maximum absolute atomic E-state index is 5.71. The number of hydrogen-bond acceptors (Lipinski definition) is 2. The van der Waals surface area contributed by atoms with Gasteiger partial charge in [0.25, 0.3) is 0 Å². The second-order valence-corrected chi connectivity index (χ2v) is 4.78. The van der Waals surface area contributed by atoms with Gasteiger partial charge in [0, 0.05) is 18.8 Å². The molecule has 2 nitrogen and oxygen atoms in total. The minimum atomic E-state index is 0.788. The molecule has 0 amide bonds. The predicted molar refractivity (Wildman–Crippen MR) is 85.5 cm³/mol. The van der Waals surface area contributed by atoms with Gasteiger partial charge in [-0.1, -0.05) is 36.4 Å².